The number of rotatable bonds is 6. The lowest BCUT2D eigenvalue weighted by molar-refractivity contribution is -0.126. The van der Waals surface area contributed by atoms with Crippen molar-refractivity contribution in [3.05, 3.63) is 17.7 Å². The number of carbonyl (C=O) groups excluding carboxylic acids is 1. The molecule has 3 N–H and O–H groups in total. The largest absolute Gasteiger partial charge is 0.368 e. The number of primary amides is 1. The summed E-state index contributed by atoms with van der Waals surface area (Å²) >= 11 is 0. The summed E-state index contributed by atoms with van der Waals surface area (Å²) in [7, 11) is 0. The van der Waals surface area contributed by atoms with Crippen LogP contribution in [0.2, 0.25) is 0 Å². The van der Waals surface area contributed by atoms with E-state index in [1.54, 1.807) is 0 Å². The van der Waals surface area contributed by atoms with E-state index in [9.17, 15) is 4.79 Å². The highest BCUT2D eigenvalue weighted by atomic mass is 16.1. The highest BCUT2D eigenvalue weighted by Crippen LogP contribution is 2.41. The Kier molecular flexibility index (Phi) is 3.54. The minimum atomic E-state index is -0.597. The van der Waals surface area contributed by atoms with Gasteiger partial charge in [0.1, 0.15) is 5.54 Å². The molecule has 1 fully saturated rings. The molecule has 1 amide bonds. The van der Waals surface area contributed by atoms with Crippen LogP contribution in [-0.4, -0.2) is 27.5 Å². The van der Waals surface area contributed by atoms with Crippen LogP contribution >= 0.6 is 0 Å². The van der Waals surface area contributed by atoms with E-state index >= 15 is 0 Å². The molecule has 2 aliphatic carbocycles. The van der Waals surface area contributed by atoms with E-state index in [0.717, 1.165) is 32.2 Å². The van der Waals surface area contributed by atoms with Crippen LogP contribution in [0, 0.1) is 5.92 Å². The fourth-order valence-electron chi connectivity index (χ4n) is 3.52. The third kappa shape index (κ3) is 2.24. The average Bonchev–Trinajstić information content (AvgIpc) is 3.21. The van der Waals surface area contributed by atoms with Crippen LogP contribution < -0.4 is 11.1 Å². The maximum absolute atomic E-state index is 12.1. The first-order chi connectivity index (χ1) is 9.67. The minimum Gasteiger partial charge on any atom is -0.368 e. The molecule has 0 aliphatic heterocycles. The molecule has 1 saturated carbocycles. The van der Waals surface area contributed by atoms with Gasteiger partial charge in [-0.1, -0.05) is 6.92 Å². The zero-order valence-electron chi connectivity index (χ0n) is 12.2. The fraction of sp³-hybridized carbons (Fsp3) is 0.733. The molecule has 1 heterocycles. The Morgan fingerprint density at radius 3 is 2.90 bits per heavy atom. The molecule has 1 unspecified atom stereocenters. The van der Waals surface area contributed by atoms with Crippen molar-refractivity contribution in [2.45, 2.75) is 57.5 Å². The van der Waals surface area contributed by atoms with Crippen LogP contribution in [0.15, 0.2) is 6.33 Å². The number of imidazole rings is 1. The van der Waals surface area contributed by atoms with Gasteiger partial charge in [-0.15, -0.1) is 0 Å². The van der Waals surface area contributed by atoms with Crippen molar-refractivity contribution in [3.63, 3.8) is 0 Å². The molecular weight excluding hydrogens is 252 g/mol. The Morgan fingerprint density at radius 2 is 2.25 bits per heavy atom. The molecule has 1 aromatic rings. The molecule has 5 heteroatoms. The number of aryl methyl sites for hydroxylation is 1. The van der Waals surface area contributed by atoms with Crippen molar-refractivity contribution < 1.29 is 4.79 Å². The number of likely N-dealkylation sites (N-methyl/N-ethyl adjacent to an activating group) is 1. The Hall–Kier alpha value is -1.36. The first-order valence-electron chi connectivity index (χ1n) is 7.75. The van der Waals surface area contributed by atoms with E-state index in [2.05, 4.69) is 14.9 Å². The summed E-state index contributed by atoms with van der Waals surface area (Å²) in [6.45, 7) is 3.42. The number of hydrogen-bond donors (Lipinski definition) is 2. The van der Waals surface area contributed by atoms with Crippen molar-refractivity contribution in [1.29, 1.82) is 0 Å². The van der Waals surface area contributed by atoms with E-state index in [-0.39, 0.29) is 5.91 Å². The lowest BCUT2D eigenvalue weighted by atomic mass is 9.91. The number of fused-ring (bicyclic) bond motifs is 1. The lowest BCUT2D eigenvalue weighted by Crippen LogP contribution is -2.60. The molecule has 0 bridgehead atoms. The van der Waals surface area contributed by atoms with Crippen LogP contribution in [0.3, 0.4) is 0 Å². The summed E-state index contributed by atoms with van der Waals surface area (Å²) in [4.78, 5) is 16.6. The summed E-state index contributed by atoms with van der Waals surface area (Å²) in [6, 6.07) is 0. The van der Waals surface area contributed by atoms with Gasteiger partial charge in [0.15, 0.2) is 0 Å². The molecule has 3 rings (SSSR count). The number of nitrogens with two attached hydrogens (primary N) is 1. The van der Waals surface area contributed by atoms with Gasteiger partial charge in [0.25, 0.3) is 0 Å². The van der Waals surface area contributed by atoms with Crippen molar-refractivity contribution in [3.8, 4) is 0 Å². The zero-order chi connectivity index (χ0) is 14.2. The summed E-state index contributed by atoms with van der Waals surface area (Å²) in [5, 5.41) is 3.38. The summed E-state index contributed by atoms with van der Waals surface area (Å²) < 4.78 is 2.17. The zero-order valence-corrected chi connectivity index (χ0v) is 12.2. The SMILES string of the molecule is CCNC(Cn1cnc2c1CCCC2)(C(N)=O)C1CC1. The Labute approximate surface area is 119 Å². The predicted octanol–water partition coefficient (Wildman–Crippen LogP) is 1.01. The molecule has 110 valence electrons. The van der Waals surface area contributed by atoms with Gasteiger partial charge >= 0.3 is 0 Å². The fourth-order valence-corrected chi connectivity index (χ4v) is 3.52. The summed E-state index contributed by atoms with van der Waals surface area (Å²) in [6.07, 6.45) is 8.65. The molecule has 5 nitrogen and oxygen atoms in total. The second kappa shape index (κ2) is 5.20. The Balaban J connectivity index is 1.89. The number of aromatic nitrogens is 2. The first kappa shape index (κ1) is 13.6. The molecule has 0 spiro atoms. The Morgan fingerprint density at radius 1 is 1.50 bits per heavy atom. The van der Waals surface area contributed by atoms with E-state index in [1.807, 2.05) is 13.3 Å². The van der Waals surface area contributed by atoms with Crippen LogP contribution in [0.5, 0.6) is 0 Å². The summed E-state index contributed by atoms with van der Waals surface area (Å²) in [5.41, 5.74) is 7.68. The average molecular weight is 276 g/mol. The van der Waals surface area contributed by atoms with E-state index in [0.29, 0.717) is 12.5 Å². The van der Waals surface area contributed by atoms with Crippen molar-refractivity contribution in [1.82, 2.24) is 14.9 Å². The summed E-state index contributed by atoms with van der Waals surface area (Å²) in [5.74, 6) is 0.154. The normalized spacial score (nSPS) is 21.2. The molecule has 1 aromatic heterocycles. The van der Waals surface area contributed by atoms with Crippen LogP contribution in [0.1, 0.15) is 44.0 Å². The topological polar surface area (TPSA) is 72.9 Å². The number of hydrogen-bond acceptors (Lipinski definition) is 3. The molecule has 0 saturated heterocycles. The van der Waals surface area contributed by atoms with Crippen molar-refractivity contribution in [2.24, 2.45) is 11.7 Å². The van der Waals surface area contributed by atoms with Crippen LogP contribution in [0.25, 0.3) is 0 Å². The van der Waals surface area contributed by atoms with E-state index < -0.39 is 5.54 Å². The number of carbonyl (C=O) groups is 1. The smallest absolute Gasteiger partial charge is 0.239 e. The molecule has 0 aromatic carbocycles. The maximum atomic E-state index is 12.1. The molecule has 20 heavy (non-hydrogen) atoms. The molecule has 2 aliphatic rings. The number of nitrogens with zero attached hydrogens (tertiary/aromatic N) is 2. The van der Waals surface area contributed by atoms with Gasteiger partial charge in [0, 0.05) is 5.69 Å². The molecule has 1 atom stereocenters. The van der Waals surface area contributed by atoms with Crippen LogP contribution in [0.4, 0.5) is 0 Å². The Bertz CT molecular complexity index is 506. The highest BCUT2D eigenvalue weighted by molar-refractivity contribution is 5.85. The predicted molar refractivity (Wildman–Crippen MR) is 77.2 cm³/mol. The first-order valence-corrected chi connectivity index (χ1v) is 7.75. The number of nitrogens with one attached hydrogen (secondary N) is 1. The van der Waals surface area contributed by atoms with Gasteiger partial charge in [-0.3, -0.25) is 4.79 Å². The van der Waals surface area contributed by atoms with Gasteiger partial charge < -0.3 is 15.6 Å². The van der Waals surface area contributed by atoms with Gasteiger partial charge in [0.2, 0.25) is 5.91 Å². The highest BCUT2D eigenvalue weighted by Gasteiger charge is 2.49. The third-order valence-electron chi connectivity index (χ3n) is 4.74. The van der Waals surface area contributed by atoms with Gasteiger partial charge in [0.05, 0.1) is 18.6 Å². The monoisotopic (exact) mass is 276 g/mol. The maximum Gasteiger partial charge on any atom is 0.239 e. The third-order valence-corrected chi connectivity index (χ3v) is 4.74. The van der Waals surface area contributed by atoms with Crippen molar-refractivity contribution in [2.75, 3.05) is 6.54 Å². The van der Waals surface area contributed by atoms with E-state index in [4.69, 9.17) is 5.73 Å². The van der Waals surface area contributed by atoms with Crippen LogP contribution in [-0.2, 0) is 24.2 Å². The lowest BCUT2D eigenvalue weighted by Gasteiger charge is -2.33. The second-order valence-corrected chi connectivity index (χ2v) is 6.11. The molecule has 0 radical (unpaired) electrons. The van der Waals surface area contributed by atoms with Gasteiger partial charge in [-0.2, -0.15) is 0 Å². The van der Waals surface area contributed by atoms with Gasteiger partial charge in [-0.05, 0) is 51.0 Å². The number of amides is 1. The van der Waals surface area contributed by atoms with E-state index in [1.165, 1.54) is 24.2 Å². The quantitative estimate of drug-likeness (QED) is 0.814. The minimum absolute atomic E-state index is 0.222. The van der Waals surface area contributed by atoms with Gasteiger partial charge in [-0.25, -0.2) is 4.98 Å². The standard InChI is InChI=1S/C15H24N4O/c1-2-18-15(14(16)20,11-7-8-11)9-19-10-17-12-5-3-4-6-13(12)19/h10-11,18H,2-9H2,1H3,(H2,16,20). The van der Waals surface area contributed by atoms with Crippen molar-refractivity contribution >= 4 is 5.91 Å². The molecular formula is C15H24N4O. The second-order valence-electron chi connectivity index (χ2n) is 6.11.